The van der Waals surface area contributed by atoms with E-state index in [1.165, 1.54) is 16.2 Å². The maximum atomic E-state index is 12.5. The van der Waals surface area contributed by atoms with E-state index < -0.39 is 0 Å². The van der Waals surface area contributed by atoms with Gasteiger partial charge in [-0.05, 0) is 42.0 Å². The molecule has 2 aromatic rings. The van der Waals surface area contributed by atoms with Crippen LogP contribution in [0.2, 0.25) is 0 Å². The minimum absolute atomic E-state index is 0.0247. The molecule has 28 heavy (non-hydrogen) atoms. The van der Waals surface area contributed by atoms with Gasteiger partial charge in [0.05, 0.1) is 4.88 Å². The largest absolute Gasteiger partial charge is 0.352 e. The van der Waals surface area contributed by atoms with Gasteiger partial charge in [0.25, 0.3) is 11.8 Å². The summed E-state index contributed by atoms with van der Waals surface area (Å²) in [5.41, 5.74) is 1.58. The highest BCUT2D eigenvalue weighted by atomic mass is 32.1. The van der Waals surface area contributed by atoms with Crippen LogP contribution in [0, 0.1) is 5.92 Å². The van der Waals surface area contributed by atoms with Gasteiger partial charge in [-0.25, -0.2) is 0 Å². The Labute approximate surface area is 169 Å². The standard InChI is InChI=1S/C21H25N3O3S/c1-23(2)20(26)17-7-5-15(6-8-17)14-22-19(25)16-9-11-24(12-10-16)21(27)18-4-3-13-28-18/h3-8,13,16H,9-12,14H2,1-2H3,(H,22,25). The van der Waals surface area contributed by atoms with Gasteiger partial charge in [0.15, 0.2) is 0 Å². The van der Waals surface area contributed by atoms with E-state index in [0.29, 0.717) is 38.0 Å². The van der Waals surface area contributed by atoms with Crippen molar-refractivity contribution in [2.75, 3.05) is 27.2 Å². The van der Waals surface area contributed by atoms with Crippen molar-refractivity contribution < 1.29 is 14.4 Å². The highest BCUT2D eigenvalue weighted by Gasteiger charge is 2.28. The Morgan fingerprint density at radius 3 is 2.36 bits per heavy atom. The Morgan fingerprint density at radius 1 is 1.11 bits per heavy atom. The number of piperidine rings is 1. The zero-order chi connectivity index (χ0) is 20.1. The molecule has 0 atom stereocenters. The fourth-order valence-electron chi connectivity index (χ4n) is 3.26. The number of thiophene rings is 1. The van der Waals surface area contributed by atoms with E-state index in [9.17, 15) is 14.4 Å². The maximum absolute atomic E-state index is 12.5. The van der Waals surface area contributed by atoms with Crippen molar-refractivity contribution in [3.63, 3.8) is 0 Å². The lowest BCUT2D eigenvalue weighted by Gasteiger charge is -2.31. The third-order valence-corrected chi connectivity index (χ3v) is 5.82. The third kappa shape index (κ3) is 4.78. The zero-order valence-corrected chi connectivity index (χ0v) is 17.0. The first-order valence-electron chi connectivity index (χ1n) is 9.37. The molecule has 7 heteroatoms. The molecule has 1 N–H and O–H groups in total. The van der Waals surface area contributed by atoms with E-state index >= 15 is 0 Å². The van der Waals surface area contributed by atoms with Gasteiger partial charge in [0, 0.05) is 45.2 Å². The summed E-state index contributed by atoms with van der Waals surface area (Å²) in [4.78, 5) is 40.9. The molecule has 0 radical (unpaired) electrons. The second-order valence-corrected chi connectivity index (χ2v) is 8.11. The molecule has 0 unspecified atom stereocenters. The van der Waals surface area contributed by atoms with Crippen LogP contribution in [0.25, 0.3) is 0 Å². The maximum Gasteiger partial charge on any atom is 0.263 e. The highest BCUT2D eigenvalue weighted by molar-refractivity contribution is 7.12. The molecule has 1 aliphatic rings. The smallest absolute Gasteiger partial charge is 0.263 e. The van der Waals surface area contributed by atoms with Crippen molar-refractivity contribution >= 4 is 29.1 Å². The summed E-state index contributed by atoms with van der Waals surface area (Å²) in [6, 6.07) is 11.0. The van der Waals surface area contributed by atoms with Gasteiger partial charge in [-0.15, -0.1) is 11.3 Å². The van der Waals surface area contributed by atoms with Crippen LogP contribution in [0.5, 0.6) is 0 Å². The molecular formula is C21H25N3O3S. The molecule has 3 amide bonds. The van der Waals surface area contributed by atoms with Crippen molar-refractivity contribution in [3.8, 4) is 0 Å². The van der Waals surface area contributed by atoms with Crippen LogP contribution in [-0.2, 0) is 11.3 Å². The molecule has 1 aromatic carbocycles. The van der Waals surface area contributed by atoms with Crippen molar-refractivity contribution in [2.24, 2.45) is 5.92 Å². The quantitative estimate of drug-likeness (QED) is 0.840. The third-order valence-electron chi connectivity index (χ3n) is 4.96. The molecule has 2 heterocycles. The lowest BCUT2D eigenvalue weighted by Crippen LogP contribution is -2.42. The van der Waals surface area contributed by atoms with E-state index in [2.05, 4.69) is 5.32 Å². The molecule has 3 rings (SSSR count). The average Bonchev–Trinajstić information content (AvgIpc) is 3.26. The number of carbonyl (C=O) groups excluding carboxylic acids is 3. The summed E-state index contributed by atoms with van der Waals surface area (Å²) in [6.07, 6.45) is 1.36. The van der Waals surface area contributed by atoms with Crippen LogP contribution < -0.4 is 5.32 Å². The van der Waals surface area contributed by atoms with Crippen LogP contribution in [0.15, 0.2) is 41.8 Å². The van der Waals surface area contributed by atoms with Crippen molar-refractivity contribution in [3.05, 3.63) is 57.8 Å². The summed E-state index contributed by atoms with van der Waals surface area (Å²) >= 11 is 1.45. The predicted molar refractivity (Wildman–Crippen MR) is 109 cm³/mol. The summed E-state index contributed by atoms with van der Waals surface area (Å²) in [5.74, 6) is -0.0284. The SMILES string of the molecule is CN(C)C(=O)c1ccc(CNC(=O)C2CCN(C(=O)c3cccs3)CC2)cc1. The molecule has 0 saturated carbocycles. The van der Waals surface area contributed by atoms with E-state index in [0.717, 1.165) is 10.4 Å². The Hall–Kier alpha value is -2.67. The van der Waals surface area contributed by atoms with Crippen LogP contribution in [0.1, 0.15) is 38.4 Å². The molecule has 148 valence electrons. The van der Waals surface area contributed by atoms with Crippen molar-refractivity contribution in [1.82, 2.24) is 15.1 Å². The number of nitrogens with one attached hydrogen (secondary N) is 1. The topological polar surface area (TPSA) is 69.7 Å². The van der Waals surface area contributed by atoms with Crippen molar-refractivity contribution in [1.29, 1.82) is 0 Å². The number of likely N-dealkylation sites (tertiary alicyclic amines) is 1. The van der Waals surface area contributed by atoms with E-state index in [4.69, 9.17) is 0 Å². The van der Waals surface area contributed by atoms with Gasteiger partial charge >= 0.3 is 0 Å². The fourth-order valence-corrected chi connectivity index (χ4v) is 3.95. The summed E-state index contributed by atoms with van der Waals surface area (Å²) < 4.78 is 0. The molecule has 0 aliphatic carbocycles. The first kappa shape index (κ1) is 20.1. The first-order chi connectivity index (χ1) is 13.5. The van der Waals surface area contributed by atoms with Gasteiger partial charge in [-0.1, -0.05) is 18.2 Å². The lowest BCUT2D eigenvalue weighted by atomic mass is 9.95. The van der Waals surface area contributed by atoms with E-state index in [1.807, 2.05) is 34.5 Å². The van der Waals surface area contributed by atoms with Gasteiger partial charge in [0.2, 0.25) is 5.91 Å². The molecule has 1 saturated heterocycles. The second kappa shape index (κ2) is 9.01. The Kier molecular flexibility index (Phi) is 6.46. The van der Waals surface area contributed by atoms with Gasteiger partial charge < -0.3 is 15.1 Å². The summed E-state index contributed by atoms with van der Waals surface area (Å²) in [5, 5.41) is 4.88. The monoisotopic (exact) mass is 399 g/mol. The summed E-state index contributed by atoms with van der Waals surface area (Å²) in [7, 11) is 3.44. The predicted octanol–water partition coefficient (Wildman–Crippen LogP) is 2.62. The van der Waals surface area contributed by atoms with Gasteiger partial charge in [-0.3, -0.25) is 14.4 Å². The normalized spacial score (nSPS) is 14.6. The fraction of sp³-hybridized carbons (Fsp3) is 0.381. The molecular weight excluding hydrogens is 374 g/mol. The number of benzene rings is 1. The second-order valence-electron chi connectivity index (χ2n) is 7.16. The van der Waals surface area contributed by atoms with E-state index in [1.54, 1.807) is 26.2 Å². The molecule has 0 spiro atoms. The molecule has 0 bridgehead atoms. The lowest BCUT2D eigenvalue weighted by molar-refractivity contribution is -0.126. The molecule has 6 nitrogen and oxygen atoms in total. The van der Waals surface area contributed by atoms with Gasteiger partial charge in [-0.2, -0.15) is 0 Å². The van der Waals surface area contributed by atoms with Crippen molar-refractivity contribution in [2.45, 2.75) is 19.4 Å². The van der Waals surface area contributed by atoms with E-state index in [-0.39, 0.29) is 23.6 Å². The van der Waals surface area contributed by atoms with Crippen LogP contribution in [0.3, 0.4) is 0 Å². The van der Waals surface area contributed by atoms with Crippen LogP contribution in [0.4, 0.5) is 0 Å². The number of hydrogen-bond acceptors (Lipinski definition) is 4. The number of amides is 3. The highest BCUT2D eigenvalue weighted by Crippen LogP contribution is 2.21. The molecule has 1 aliphatic heterocycles. The number of hydrogen-bond donors (Lipinski definition) is 1. The Bertz CT molecular complexity index is 823. The van der Waals surface area contributed by atoms with Crippen LogP contribution in [-0.4, -0.2) is 54.7 Å². The van der Waals surface area contributed by atoms with Gasteiger partial charge in [0.1, 0.15) is 0 Å². The number of nitrogens with zero attached hydrogens (tertiary/aromatic N) is 2. The Morgan fingerprint density at radius 2 is 1.79 bits per heavy atom. The summed E-state index contributed by atoms with van der Waals surface area (Å²) in [6.45, 7) is 1.65. The molecule has 1 aromatic heterocycles. The first-order valence-corrected chi connectivity index (χ1v) is 10.2. The van der Waals surface area contributed by atoms with Crippen LogP contribution >= 0.6 is 11.3 Å². The number of rotatable bonds is 5. The zero-order valence-electron chi connectivity index (χ0n) is 16.2. The molecule has 1 fully saturated rings. The minimum atomic E-state index is -0.0676. The Balaban J connectivity index is 1.46. The minimum Gasteiger partial charge on any atom is -0.352 e. The average molecular weight is 400 g/mol. The number of carbonyl (C=O) groups is 3.